The molecule has 0 bridgehead atoms. The van der Waals surface area contributed by atoms with Crippen LogP contribution in [0, 0.1) is 0 Å². The molecule has 1 fully saturated rings. The standard InChI is InChI=1S/C21H23N5/c1-2-17-14-20(25-21(24-17)16-8-11-22-12-9-16)26-13-10-19(15-26)23-18-6-4-3-5-7-18/h3-9,11-12,14,19,23H,2,10,13,15H2,1H3. The highest BCUT2D eigenvalue weighted by molar-refractivity contribution is 5.58. The summed E-state index contributed by atoms with van der Waals surface area (Å²) in [6.45, 7) is 4.08. The highest BCUT2D eigenvalue weighted by Crippen LogP contribution is 2.24. The Morgan fingerprint density at radius 2 is 1.88 bits per heavy atom. The molecule has 1 aliphatic rings. The molecular weight excluding hydrogens is 322 g/mol. The average Bonchev–Trinajstić information content (AvgIpc) is 3.17. The van der Waals surface area contributed by atoms with Crippen molar-refractivity contribution in [3.8, 4) is 11.4 Å². The van der Waals surface area contributed by atoms with E-state index in [0.29, 0.717) is 6.04 Å². The van der Waals surface area contributed by atoms with Crippen LogP contribution in [0.15, 0.2) is 60.9 Å². The van der Waals surface area contributed by atoms with E-state index >= 15 is 0 Å². The third-order valence-electron chi connectivity index (χ3n) is 4.72. The SMILES string of the molecule is CCc1cc(N2CCC(Nc3ccccc3)C2)nc(-c2ccncc2)n1. The number of nitrogens with one attached hydrogen (secondary N) is 1. The normalized spacial score (nSPS) is 16.7. The van der Waals surface area contributed by atoms with Crippen molar-refractivity contribution in [2.24, 2.45) is 0 Å². The lowest BCUT2D eigenvalue weighted by molar-refractivity contribution is 0.805. The highest BCUT2D eigenvalue weighted by atomic mass is 15.2. The van der Waals surface area contributed by atoms with Crippen LogP contribution in [0.5, 0.6) is 0 Å². The Balaban J connectivity index is 1.54. The fourth-order valence-electron chi connectivity index (χ4n) is 3.31. The minimum atomic E-state index is 0.432. The van der Waals surface area contributed by atoms with Crippen LogP contribution in [0.3, 0.4) is 0 Å². The van der Waals surface area contributed by atoms with Crippen LogP contribution in [0.2, 0.25) is 0 Å². The zero-order valence-corrected chi connectivity index (χ0v) is 15.0. The second-order valence-corrected chi connectivity index (χ2v) is 6.57. The second kappa shape index (κ2) is 7.52. The van der Waals surface area contributed by atoms with Gasteiger partial charge in [-0.1, -0.05) is 25.1 Å². The molecule has 1 aromatic carbocycles. The summed E-state index contributed by atoms with van der Waals surface area (Å²) in [5.41, 5.74) is 3.25. The lowest BCUT2D eigenvalue weighted by atomic mass is 10.2. The van der Waals surface area contributed by atoms with Gasteiger partial charge in [-0.3, -0.25) is 4.98 Å². The molecule has 2 aromatic heterocycles. The number of anilines is 2. The van der Waals surface area contributed by atoms with E-state index in [2.05, 4.69) is 52.5 Å². The average molecular weight is 345 g/mol. The lowest BCUT2D eigenvalue weighted by Crippen LogP contribution is -2.26. The summed E-state index contributed by atoms with van der Waals surface area (Å²) in [4.78, 5) is 16.0. The molecule has 3 heterocycles. The highest BCUT2D eigenvalue weighted by Gasteiger charge is 2.24. The summed E-state index contributed by atoms with van der Waals surface area (Å²) in [5.74, 6) is 1.79. The van der Waals surface area contributed by atoms with Crippen LogP contribution in [0.4, 0.5) is 11.5 Å². The van der Waals surface area contributed by atoms with Crippen molar-refractivity contribution < 1.29 is 0 Å². The maximum Gasteiger partial charge on any atom is 0.161 e. The lowest BCUT2D eigenvalue weighted by Gasteiger charge is -2.20. The minimum absolute atomic E-state index is 0.432. The van der Waals surface area contributed by atoms with Gasteiger partial charge in [0.1, 0.15) is 5.82 Å². The fraction of sp³-hybridized carbons (Fsp3) is 0.286. The van der Waals surface area contributed by atoms with E-state index < -0.39 is 0 Å². The van der Waals surface area contributed by atoms with Gasteiger partial charge >= 0.3 is 0 Å². The molecule has 0 radical (unpaired) electrons. The Labute approximate surface area is 154 Å². The summed E-state index contributed by atoms with van der Waals surface area (Å²) < 4.78 is 0. The van der Waals surface area contributed by atoms with Crippen molar-refractivity contribution in [1.82, 2.24) is 15.0 Å². The van der Waals surface area contributed by atoms with E-state index in [1.165, 1.54) is 5.69 Å². The van der Waals surface area contributed by atoms with Gasteiger partial charge in [-0.15, -0.1) is 0 Å². The van der Waals surface area contributed by atoms with Crippen LogP contribution in [-0.2, 0) is 6.42 Å². The molecule has 1 N–H and O–H groups in total. The molecule has 3 aromatic rings. The van der Waals surface area contributed by atoms with Gasteiger partial charge in [-0.25, -0.2) is 9.97 Å². The van der Waals surface area contributed by atoms with Gasteiger partial charge in [0, 0.05) is 54.5 Å². The van der Waals surface area contributed by atoms with Crippen molar-refractivity contribution >= 4 is 11.5 Å². The largest absolute Gasteiger partial charge is 0.380 e. The number of para-hydroxylation sites is 1. The van der Waals surface area contributed by atoms with Gasteiger partial charge in [0.15, 0.2) is 5.82 Å². The Hall–Kier alpha value is -2.95. The van der Waals surface area contributed by atoms with E-state index in [-0.39, 0.29) is 0 Å². The third-order valence-corrected chi connectivity index (χ3v) is 4.72. The van der Waals surface area contributed by atoms with E-state index in [4.69, 9.17) is 9.97 Å². The van der Waals surface area contributed by atoms with Gasteiger partial charge < -0.3 is 10.2 Å². The van der Waals surface area contributed by atoms with Crippen LogP contribution < -0.4 is 10.2 Å². The first-order valence-electron chi connectivity index (χ1n) is 9.16. The Kier molecular flexibility index (Phi) is 4.78. The summed E-state index contributed by atoms with van der Waals surface area (Å²) in [6, 6.07) is 16.9. The number of rotatable bonds is 5. The van der Waals surface area contributed by atoms with Crippen molar-refractivity contribution in [2.75, 3.05) is 23.3 Å². The van der Waals surface area contributed by atoms with Gasteiger partial charge in [0.25, 0.3) is 0 Å². The number of pyridine rings is 1. The van der Waals surface area contributed by atoms with Crippen molar-refractivity contribution in [3.63, 3.8) is 0 Å². The van der Waals surface area contributed by atoms with Gasteiger partial charge in [-0.2, -0.15) is 0 Å². The maximum atomic E-state index is 4.83. The quantitative estimate of drug-likeness (QED) is 0.762. The first-order chi connectivity index (χ1) is 12.8. The zero-order valence-electron chi connectivity index (χ0n) is 15.0. The number of nitrogens with zero attached hydrogens (tertiary/aromatic N) is 4. The van der Waals surface area contributed by atoms with Crippen molar-refractivity contribution in [2.45, 2.75) is 25.8 Å². The van der Waals surface area contributed by atoms with Gasteiger partial charge in [0.2, 0.25) is 0 Å². The molecule has 0 saturated carbocycles. The molecular formula is C21H23N5. The summed E-state index contributed by atoms with van der Waals surface area (Å²) in [7, 11) is 0. The van der Waals surface area contributed by atoms with E-state index in [1.807, 2.05) is 18.2 Å². The number of benzene rings is 1. The number of hydrogen-bond acceptors (Lipinski definition) is 5. The monoisotopic (exact) mass is 345 g/mol. The summed E-state index contributed by atoms with van der Waals surface area (Å²) in [5, 5.41) is 3.62. The molecule has 0 amide bonds. The maximum absolute atomic E-state index is 4.83. The molecule has 26 heavy (non-hydrogen) atoms. The zero-order chi connectivity index (χ0) is 17.8. The molecule has 5 nitrogen and oxygen atoms in total. The first kappa shape index (κ1) is 16.5. The van der Waals surface area contributed by atoms with Crippen LogP contribution in [-0.4, -0.2) is 34.1 Å². The summed E-state index contributed by atoms with van der Waals surface area (Å²) >= 11 is 0. The van der Waals surface area contributed by atoms with E-state index in [1.54, 1.807) is 12.4 Å². The molecule has 4 rings (SSSR count). The Bertz CT molecular complexity index is 851. The summed E-state index contributed by atoms with van der Waals surface area (Å²) in [6.07, 6.45) is 5.57. The van der Waals surface area contributed by atoms with Gasteiger partial charge in [0.05, 0.1) is 0 Å². The predicted octanol–water partition coefficient (Wildman–Crippen LogP) is 3.79. The third kappa shape index (κ3) is 3.67. The number of aromatic nitrogens is 3. The number of hydrogen-bond donors (Lipinski definition) is 1. The van der Waals surface area contributed by atoms with Crippen molar-refractivity contribution in [1.29, 1.82) is 0 Å². The number of aryl methyl sites for hydroxylation is 1. The van der Waals surface area contributed by atoms with Crippen LogP contribution in [0.1, 0.15) is 19.0 Å². The molecule has 1 atom stereocenters. The molecule has 1 aliphatic heterocycles. The second-order valence-electron chi connectivity index (χ2n) is 6.57. The minimum Gasteiger partial charge on any atom is -0.380 e. The first-order valence-corrected chi connectivity index (χ1v) is 9.16. The molecule has 1 unspecified atom stereocenters. The molecule has 5 heteroatoms. The van der Waals surface area contributed by atoms with E-state index in [0.717, 1.165) is 48.8 Å². The van der Waals surface area contributed by atoms with E-state index in [9.17, 15) is 0 Å². The van der Waals surface area contributed by atoms with Crippen LogP contribution >= 0.6 is 0 Å². The van der Waals surface area contributed by atoms with Crippen molar-refractivity contribution in [3.05, 3.63) is 66.6 Å². The predicted molar refractivity (Wildman–Crippen MR) is 105 cm³/mol. The van der Waals surface area contributed by atoms with Gasteiger partial charge in [-0.05, 0) is 37.1 Å². The molecule has 0 aliphatic carbocycles. The van der Waals surface area contributed by atoms with Crippen LogP contribution in [0.25, 0.3) is 11.4 Å². The smallest absolute Gasteiger partial charge is 0.161 e. The molecule has 0 spiro atoms. The fourth-order valence-corrected chi connectivity index (χ4v) is 3.31. The Morgan fingerprint density at radius 1 is 1.08 bits per heavy atom. The molecule has 1 saturated heterocycles. The topological polar surface area (TPSA) is 53.9 Å². The Morgan fingerprint density at radius 3 is 2.65 bits per heavy atom. The molecule has 132 valence electrons.